The van der Waals surface area contributed by atoms with Crippen molar-refractivity contribution in [2.24, 2.45) is 13.0 Å². The van der Waals surface area contributed by atoms with E-state index < -0.39 is 0 Å². The first-order valence-electron chi connectivity index (χ1n) is 7.09. The Morgan fingerprint density at radius 1 is 1.63 bits per heavy atom. The summed E-state index contributed by atoms with van der Waals surface area (Å²) in [6.45, 7) is 6.23. The van der Waals surface area contributed by atoms with E-state index in [0.717, 1.165) is 37.4 Å². The molecule has 1 fully saturated rings. The van der Waals surface area contributed by atoms with Crippen molar-refractivity contribution in [1.82, 2.24) is 15.1 Å². The normalized spacial score (nSPS) is 24.6. The van der Waals surface area contributed by atoms with Gasteiger partial charge in [0.25, 0.3) is 0 Å². The summed E-state index contributed by atoms with van der Waals surface area (Å²) in [4.78, 5) is 0. The average molecular weight is 267 g/mol. The molecule has 108 valence electrons. The molecule has 0 aromatic carbocycles. The maximum Gasteiger partial charge on any atom is 0.161 e. The van der Waals surface area contributed by atoms with Crippen LogP contribution in [0.3, 0.4) is 0 Å². The molecule has 1 aromatic rings. The summed E-state index contributed by atoms with van der Waals surface area (Å²) in [7, 11) is 3.65. The number of nitrogens with one attached hydrogen (secondary N) is 1. The molecule has 2 heterocycles. The Hall–Kier alpha value is -1.07. The molecule has 0 saturated carbocycles. The van der Waals surface area contributed by atoms with Gasteiger partial charge in [-0.3, -0.25) is 4.68 Å². The summed E-state index contributed by atoms with van der Waals surface area (Å²) in [5, 5.41) is 7.90. The molecule has 3 unspecified atom stereocenters. The third-order valence-corrected chi connectivity index (χ3v) is 3.85. The van der Waals surface area contributed by atoms with Gasteiger partial charge in [0.2, 0.25) is 0 Å². The second-order valence-corrected chi connectivity index (χ2v) is 5.25. The zero-order chi connectivity index (χ0) is 13.8. The van der Waals surface area contributed by atoms with Crippen LogP contribution < -0.4 is 10.1 Å². The zero-order valence-electron chi connectivity index (χ0n) is 12.3. The molecule has 5 nitrogen and oxygen atoms in total. The van der Waals surface area contributed by atoms with Crippen LogP contribution in [0.1, 0.15) is 38.4 Å². The lowest BCUT2D eigenvalue weighted by Gasteiger charge is -2.28. The maximum absolute atomic E-state index is 5.94. The highest BCUT2D eigenvalue weighted by Crippen LogP contribution is 2.35. The van der Waals surface area contributed by atoms with Crippen molar-refractivity contribution in [3.05, 3.63) is 11.9 Å². The molecule has 1 aliphatic heterocycles. The molecular weight excluding hydrogens is 242 g/mol. The van der Waals surface area contributed by atoms with Crippen LogP contribution in [0, 0.1) is 5.92 Å². The molecule has 0 bridgehead atoms. The van der Waals surface area contributed by atoms with Gasteiger partial charge in [-0.2, -0.15) is 5.10 Å². The highest BCUT2D eigenvalue weighted by molar-refractivity contribution is 5.29. The standard InChI is InChI=1S/C14H25N3O2/c1-5-7-15-12(14-10(2)6-8-19-14)13-11(18-4)9-16-17(13)3/h9-10,12,14-15H,5-8H2,1-4H3. The van der Waals surface area contributed by atoms with Crippen LogP contribution >= 0.6 is 0 Å². The van der Waals surface area contributed by atoms with Crippen molar-refractivity contribution in [3.8, 4) is 5.75 Å². The van der Waals surface area contributed by atoms with E-state index in [4.69, 9.17) is 9.47 Å². The fourth-order valence-corrected chi connectivity index (χ4v) is 2.75. The maximum atomic E-state index is 5.94. The molecule has 19 heavy (non-hydrogen) atoms. The lowest BCUT2D eigenvalue weighted by molar-refractivity contribution is 0.0574. The SMILES string of the molecule is CCCNC(c1c(OC)cnn1C)C1OCCC1C. The van der Waals surface area contributed by atoms with E-state index in [1.54, 1.807) is 13.3 Å². The van der Waals surface area contributed by atoms with E-state index in [1.807, 2.05) is 11.7 Å². The van der Waals surface area contributed by atoms with Crippen LogP contribution in [0.2, 0.25) is 0 Å². The molecule has 0 radical (unpaired) electrons. The van der Waals surface area contributed by atoms with Crippen LogP contribution in [0.4, 0.5) is 0 Å². The van der Waals surface area contributed by atoms with E-state index in [2.05, 4.69) is 24.3 Å². The Morgan fingerprint density at radius 3 is 3.00 bits per heavy atom. The third kappa shape index (κ3) is 2.92. The van der Waals surface area contributed by atoms with E-state index >= 15 is 0 Å². The van der Waals surface area contributed by atoms with Gasteiger partial charge < -0.3 is 14.8 Å². The molecule has 1 aliphatic rings. The molecule has 2 rings (SSSR count). The highest BCUT2D eigenvalue weighted by Gasteiger charge is 2.36. The smallest absolute Gasteiger partial charge is 0.161 e. The number of hydrogen-bond donors (Lipinski definition) is 1. The Kier molecular flexibility index (Phi) is 4.82. The number of nitrogens with zero attached hydrogens (tertiary/aromatic N) is 2. The van der Waals surface area contributed by atoms with Crippen LogP contribution in [0.15, 0.2) is 6.20 Å². The predicted octanol–water partition coefficient (Wildman–Crippen LogP) is 1.89. The number of hydrogen-bond acceptors (Lipinski definition) is 4. The summed E-state index contributed by atoms with van der Waals surface area (Å²) in [6, 6.07) is 0.139. The van der Waals surface area contributed by atoms with Crippen LogP contribution in [0.25, 0.3) is 0 Å². The minimum absolute atomic E-state index is 0.139. The lowest BCUT2D eigenvalue weighted by atomic mass is 9.95. The van der Waals surface area contributed by atoms with E-state index in [-0.39, 0.29) is 12.1 Å². The lowest BCUT2D eigenvalue weighted by Crippen LogP contribution is -2.36. The first kappa shape index (κ1) is 14.3. The second-order valence-electron chi connectivity index (χ2n) is 5.25. The zero-order valence-corrected chi connectivity index (χ0v) is 12.3. The Morgan fingerprint density at radius 2 is 2.42 bits per heavy atom. The molecule has 0 amide bonds. The van der Waals surface area contributed by atoms with Crippen LogP contribution in [0.5, 0.6) is 5.75 Å². The van der Waals surface area contributed by atoms with E-state index in [0.29, 0.717) is 5.92 Å². The summed E-state index contributed by atoms with van der Waals surface area (Å²) in [5.74, 6) is 1.38. The highest BCUT2D eigenvalue weighted by atomic mass is 16.5. The first-order chi connectivity index (χ1) is 9.19. The van der Waals surface area contributed by atoms with Gasteiger partial charge in [0.1, 0.15) is 0 Å². The summed E-state index contributed by atoms with van der Waals surface area (Å²) < 4.78 is 13.3. The largest absolute Gasteiger partial charge is 0.493 e. The second kappa shape index (κ2) is 6.39. The number of ether oxygens (including phenoxy) is 2. The van der Waals surface area contributed by atoms with Crippen molar-refractivity contribution in [2.75, 3.05) is 20.3 Å². The Bertz CT molecular complexity index is 405. The van der Waals surface area contributed by atoms with Gasteiger partial charge in [-0.25, -0.2) is 0 Å². The van der Waals surface area contributed by atoms with Gasteiger partial charge in [0, 0.05) is 13.7 Å². The molecule has 0 aliphatic carbocycles. The molecule has 5 heteroatoms. The number of rotatable bonds is 6. The first-order valence-corrected chi connectivity index (χ1v) is 7.09. The minimum Gasteiger partial charge on any atom is -0.493 e. The van der Waals surface area contributed by atoms with Gasteiger partial charge in [0.05, 0.1) is 31.1 Å². The van der Waals surface area contributed by atoms with E-state index in [1.165, 1.54) is 0 Å². The van der Waals surface area contributed by atoms with Crippen molar-refractivity contribution < 1.29 is 9.47 Å². The summed E-state index contributed by atoms with van der Waals surface area (Å²) in [5.41, 5.74) is 1.08. The van der Waals surface area contributed by atoms with Gasteiger partial charge in [-0.05, 0) is 25.3 Å². The molecular formula is C14H25N3O2. The number of aromatic nitrogens is 2. The average Bonchev–Trinajstić information content (AvgIpc) is 2.98. The molecule has 1 saturated heterocycles. The van der Waals surface area contributed by atoms with Crippen LogP contribution in [-0.2, 0) is 11.8 Å². The summed E-state index contributed by atoms with van der Waals surface area (Å²) >= 11 is 0. The van der Waals surface area contributed by atoms with Crippen molar-refractivity contribution >= 4 is 0 Å². The minimum atomic E-state index is 0.139. The molecule has 1 N–H and O–H groups in total. The quantitative estimate of drug-likeness (QED) is 0.855. The molecule has 0 spiro atoms. The van der Waals surface area contributed by atoms with Crippen molar-refractivity contribution in [1.29, 1.82) is 0 Å². The molecule has 1 aromatic heterocycles. The number of methoxy groups -OCH3 is 1. The van der Waals surface area contributed by atoms with E-state index in [9.17, 15) is 0 Å². The Balaban J connectivity index is 2.28. The molecule has 3 atom stereocenters. The summed E-state index contributed by atoms with van der Waals surface area (Å²) in [6.07, 6.45) is 4.18. The van der Waals surface area contributed by atoms with Gasteiger partial charge in [-0.1, -0.05) is 13.8 Å². The predicted molar refractivity (Wildman–Crippen MR) is 74.3 cm³/mol. The number of aryl methyl sites for hydroxylation is 1. The Labute approximate surface area is 115 Å². The van der Waals surface area contributed by atoms with Gasteiger partial charge in [0.15, 0.2) is 5.75 Å². The van der Waals surface area contributed by atoms with Crippen molar-refractivity contribution in [3.63, 3.8) is 0 Å². The van der Waals surface area contributed by atoms with Gasteiger partial charge >= 0.3 is 0 Å². The fraction of sp³-hybridized carbons (Fsp3) is 0.786. The van der Waals surface area contributed by atoms with Gasteiger partial charge in [-0.15, -0.1) is 0 Å². The topological polar surface area (TPSA) is 48.3 Å². The monoisotopic (exact) mass is 267 g/mol. The van der Waals surface area contributed by atoms with Crippen LogP contribution in [-0.4, -0.2) is 36.1 Å². The van der Waals surface area contributed by atoms with Crippen molar-refractivity contribution in [2.45, 2.75) is 38.8 Å². The third-order valence-electron chi connectivity index (χ3n) is 3.85. The fourth-order valence-electron chi connectivity index (χ4n) is 2.75.